The summed E-state index contributed by atoms with van der Waals surface area (Å²) in [5.74, 6) is 0. The topological polar surface area (TPSA) is 0 Å². The van der Waals surface area contributed by atoms with Crippen molar-refractivity contribution in [2.45, 2.75) is 56.1 Å². The van der Waals surface area contributed by atoms with E-state index in [0.717, 1.165) is 0 Å². The molecule has 2 aliphatic carbocycles. The zero-order valence-electron chi connectivity index (χ0n) is 14.1. The molecule has 0 N–H and O–H groups in total. The minimum absolute atomic E-state index is 0.641. The van der Waals surface area contributed by atoms with Crippen molar-refractivity contribution < 1.29 is 0 Å². The number of thioether (sulfide) groups is 1. The zero-order valence-corrected chi connectivity index (χ0v) is 14.9. The highest BCUT2D eigenvalue weighted by atomic mass is 32.2. The number of hydrogen-bond donors (Lipinski definition) is 0. The van der Waals surface area contributed by atoms with Gasteiger partial charge in [-0.2, -0.15) is 0 Å². The van der Waals surface area contributed by atoms with Gasteiger partial charge in [-0.25, -0.2) is 0 Å². The molecule has 1 heteroatoms. The first-order valence-corrected chi connectivity index (χ1v) is 9.67. The van der Waals surface area contributed by atoms with Crippen molar-refractivity contribution in [1.82, 2.24) is 0 Å². The predicted octanol–water partition coefficient (Wildman–Crippen LogP) is 6.71. The molecule has 0 bridgehead atoms. The standard InChI is InChI=1S/C22H24S/c1-15-9-3-4-10-17(15)22-16(2)18-11-5-7-13-20(18)23-21-14-8-6-12-19(21)22/h3,6,8-9,11-12,14,20H,4-5,7,10,13H2,1-2H3. The van der Waals surface area contributed by atoms with Crippen LogP contribution in [0, 0.1) is 0 Å². The van der Waals surface area contributed by atoms with Gasteiger partial charge in [0.15, 0.2) is 0 Å². The Morgan fingerprint density at radius 2 is 1.96 bits per heavy atom. The summed E-state index contributed by atoms with van der Waals surface area (Å²) >= 11 is 2.08. The van der Waals surface area contributed by atoms with Crippen LogP contribution >= 0.6 is 11.8 Å². The van der Waals surface area contributed by atoms with Gasteiger partial charge in [0.05, 0.1) is 0 Å². The van der Waals surface area contributed by atoms with Crippen LogP contribution < -0.4 is 0 Å². The zero-order chi connectivity index (χ0) is 15.8. The molecule has 0 spiro atoms. The van der Waals surface area contributed by atoms with Gasteiger partial charge in [-0.3, -0.25) is 0 Å². The van der Waals surface area contributed by atoms with Gasteiger partial charge in [-0.05, 0) is 85.4 Å². The molecular weight excluding hydrogens is 296 g/mol. The van der Waals surface area contributed by atoms with Gasteiger partial charge in [-0.15, -0.1) is 11.8 Å². The van der Waals surface area contributed by atoms with Crippen LogP contribution in [0.15, 0.2) is 69.7 Å². The highest BCUT2D eigenvalue weighted by Gasteiger charge is 2.29. The SMILES string of the molecule is CC1=C(C2=C(C)C3=CCCCC3Sc3ccccc32)CCC=C1. The summed E-state index contributed by atoms with van der Waals surface area (Å²) in [7, 11) is 0. The molecule has 1 atom stereocenters. The maximum Gasteiger partial charge on any atom is 0.0344 e. The summed E-state index contributed by atoms with van der Waals surface area (Å²) in [4.78, 5) is 1.46. The normalized spacial score (nSPS) is 24.1. The summed E-state index contributed by atoms with van der Waals surface area (Å²) < 4.78 is 0. The summed E-state index contributed by atoms with van der Waals surface area (Å²) in [5.41, 5.74) is 9.10. The van der Waals surface area contributed by atoms with Crippen molar-refractivity contribution in [1.29, 1.82) is 0 Å². The monoisotopic (exact) mass is 320 g/mol. The van der Waals surface area contributed by atoms with Crippen LogP contribution in [0.3, 0.4) is 0 Å². The Morgan fingerprint density at radius 1 is 1.09 bits per heavy atom. The van der Waals surface area contributed by atoms with Gasteiger partial charge in [0.25, 0.3) is 0 Å². The number of allylic oxidation sites excluding steroid dienone is 7. The molecule has 0 fully saturated rings. The lowest BCUT2D eigenvalue weighted by molar-refractivity contribution is 0.718. The Labute approximate surface area is 144 Å². The highest BCUT2D eigenvalue weighted by molar-refractivity contribution is 8.00. The molecule has 23 heavy (non-hydrogen) atoms. The number of fused-ring (bicyclic) bond motifs is 2. The molecule has 0 nitrogen and oxygen atoms in total. The van der Waals surface area contributed by atoms with Crippen LogP contribution in [0.4, 0.5) is 0 Å². The number of hydrogen-bond acceptors (Lipinski definition) is 1. The number of benzene rings is 1. The van der Waals surface area contributed by atoms with Crippen molar-refractivity contribution in [3.63, 3.8) is 0 Å². The summed E-state index contributed by atoms with van der Waals surface area (Å²) in [6.07, 6.45) is 13.4. The Morgan fingerprint density at radius 3 is 2.83 bits per heavy atom. The predicted molar refractivity (Wildman–Crippen MR) is 102 cm³/mol. The van der Waals surface area contributed by atoms with E-state index in [1.807, 2.05) is 0 Å². The largest absolute Gasteiger partial charge is 0.117 e. The van der Waals surface area contributed by atoms with Crippen LogP contribution in [0.25, 0.3) is 5.57 Å². The molecule has 118 valence electrons. The highest BCUT2D eigenvalue weighted by Crippen LogP contribution is 2.48. The Bertz CT molecular complexity index is 758. The summed E-state index contributed by atoms with van der Waals surface area (Å²) in [6, 6.07) is 9.04. The minimum Gasteiger partial charge on any atom is -0.117 e. The first-order valence-electron chi connectivity index (χ1n) is 8.79. The lowest BCUT2D eigenvalue weighted by Gasteiger charge is -2.24. The lowest BCUT2D eigenvalue weighted by atomic mass is 9.82. The van der Waals surface area contributed by atoms with E-state index in [1.165, 1.54) is 59.3 Å². The summed E-state index contributed by atoms with van der Waals surface area (Å²) in [5, 5.41) is 0.641. The molecule has 3 aliphatic rings. The van der Waals surface area contributed by atoms with Gasteiger partial charge >= 0.3 is 0 Å². The van der Waals surface area contributed by atoms with Crippen LogP contribution in [-0.4, -0.2) is 5.25 Å². The van der Waals surface area contributed by atoms with E-state index >= 15 is 0 Å². The molecule has 0 radical (unpaired) electrons. The molecule has 1 aromatic rings. The van der Waals surface area contributed by atoms with Crippen LogP contribution in [-0.2, 0) is 0 Å². The first-order chi connectivity index (χ1) is 11.3. The van der Waals surface area contributed by atoms with Gasteiger partial charge in [0.1, 0.15) is 0 Å². The second-order valence-corrected chi connectivity index (χ2v) is 8.04. The maximum atomic E-state index is 2.51. The molecular formula is C22H24S. The van der Waals surface area contributed by atoms with Crippen LogP contribution in [0.5, 0.6) is 0 Å². The molecule has 0 saturated heterocycles. The molecule has 1 heterocycles. The Balaban J connectivity index is 1.98. The fraction of sp³-hybridized carbons (Fsp3) is 0.364. The third-order valence-electron chi connectivity index (χ3n) is 5.32. The second-order valence-electron chi connectivity index (χ2n) is 6.80. The van der Waals surface area contributed by atoms with Gasteiger partial charge in [0, 0.05) is 10.1 Å². The van der Waals surface area contributed by atoms with E-state index in [2.05, 4.69) is 68.1 Å². The average Bonchev–Trinajstić information content (AvgIpc) is 2.70. The molecule has 0 saturated carbocycles. The first kappa shape index (κ1) is 15.1. The second kappa shape index (κ2) is 6.20. The Hall–Kier alpha value is -1.47. The molecule has 0 amide bonds. The molecule has 1 unspecified atom stereocenters. The van der Waals surface area contributed by atoms with Crippen molar-refractivity contribution in [2.24, 2.45) is 0 Å². The van der Waals surface area contributed by atoms with E-state index in [0.29, 0.717) is 5.25 Å². The van der Waals surface area contributed by atoms with Crippen LogP contribution in [0.1, 0.15) is 51.5 Å². The molecule has 4 rings (SSSR count). The smallest absolute Gasteiger partial charge is 0.0344 e. The Kier molecular flexibility index (Phi) is 4.07. The van der Waals surface area contributed by atoms with Gasteiger partial charge in [-0.1, -0.05) is 36.4 Å². The van der Waals surface area contributed by atoms with Gasteiger partial charge in [0.2, 0.25) is 0 Å². The van der Waals surface area contributed by atoms with Crippen molar-refractivity contribution in [3.8, 4) is 0 Å². The molecule has 0 aromatic heterocycles. The molecule has 1 aliphatic heterocycles. The van der Waals surface area contributed by atoms with Gasteiger partial charge < -0.3 is 0 Å². The number of rotatable bonds is 1. The van der Waals surface area contributed by atoms with Crippen molar-refractivity contribution in [3.05, 3.63) is 70.3 Å². The quantitative estimate of drug-likeness (QED) is 0.554. The van der Waals surface area contributed by atoms with E-state index in [4.69, 9.17) is 0 Å². The maximum absolute atomic E-state index is 2.51. The fourth-order valence-corrected chi connectivity index (χ4v) is 5.58. The fourth-order valence-electron chi connectivity index (χ4n) is 4.14. The van der Waals surface area contributed by atoms with Crippen molar-refractivity contribution >= 4 is 17.3 Å². The minimum atomic E-state index is 0.641. The average molecular weight is 321 g/mol. The van der Waals surface area contributed by atoms with E-state index < -0.39 is 0 Å². The van der Waals surface area contributed by atoms with E-state index in [-0.39, 0.29) is 0 Å². The van der Waals surface area contributed by atoms with Crippen LogP contribution in [0.2, 0.25) is 0 Å². The van der Waals surface area contributed by atoms with E-state index in [1.54, 1.807) is 11.1 Å². The van der Waals surface area contributed by atoms with Crippen molar-refractivity contribution in [2.75, 3.05) is 0 Å². The summed E-state index contributed by atoms with van der Waals surface area (Å²) in [6.45, 7) is 4.64. The molecule has 1 aromatic carbocycles. The lowest BCUT2D eigenvalue weighted by Crippen LogP contribution is -2.11. The third kappa shape index (κ3) is 2.65. The third-order valence-corrected chi connectivity index (χ3v) is 6.71. The van der Waals surface area contributed by atoms with E-state index in [9.17, 15) is 0 Å².